The fourth-order valence-electron chi connectivity index (χ4n) is 4.66. The third-order valence-corrected chi connectivity index (χ3v) is 6.91. The summed E-state index contributed by atoms with van der Waals surface area (Å²) in [5, 5.41) is 0.813. The lowest BCUT2D eigenvalue weighted by atomic mass is 10.1. The molecule has 0 radical (unpaired) electrons. The molecule has 2 unspecified atom stereocenters. The van der Waals surface area contributed by atoms with Crippen LogP contribution >= 0.6 is 0 Å². The van der Waals surface area contributed by atoms with Gasteiger partial charge in [-0.25, -0.2) is 9.78 Å². The quantitative estimate of drug-likeness (QED) is 0.270. The van der Waals surface area contributed by atoms with Gasteiger partial charge in [0.05, 0.1) is 42.9 Å². The maximum absolute atomic E-state index is 13.1. The first-order valence-electron chi connectivity index (χ1n) is 13.2. The predicted molar refractivity (Wildman–Crippen MR) is 153 cm³/mol. The summed E-state index contributed by atoms with van der Waals surface area (Å²) in [6.07, 6.45) is 1.75. The van der Waals surface area contributed by atoms with Crippen molar-refractivity contribution >= 4 is 16.9 Å². The summed E-state index contributed by atoms with van der Waals surface area (Å²) < 4.78 is 17.1. The molecule has 2 amide bonds. The first kappa shape index (κ1) is 27.7. The zero-order chi connectivity index (χ0) is 27.9. The van der Waals surface area contributed by atoms with Gasteiger partial charge in [0.1, 0.15) is 6.61 Å². The largest absolute Gasteiger partial charge is 0.493 e. The average Bonchev–Trinajstić information content (AvgIpc) is 3.29. The molecule has 2 atom stereocenters. The van der Waals surface area contributed by atoms with Gasteiger partial charge in [-0.1, -0.05) is 44.2 Å². The van der Waals surface area contributed by atoms with E-state index in [1.165, 1.54) is 0 Å². The molecule has 1 saturated heterocycles. The number of carbonyl (C=O) groups is 1. The lowest BCUT2D eigenvalue weighted by Crippen LogP contribution is -2.35. The van der Waals surface area contributed by atoms with Crippen molar-refractivity contribution in [1.29, 1.82) is 0 Å². The van der Waals surface area contributed by atoms with Gasteiger partial charge < -0.3 is 24.0 Å². The van der Waals surface area contributed by atoms with Crippen molar-refractivity contribution in [2.24, 2.45) is 0 Å². The molecule has 2 aromatic carbocycles. The van der Waals surface area contributed by atoms with E-state index in [4.69, 9.17) is 19.2 Å². The van der Waals surface area contributed by atoms with E-state index in [-0.39, 0.29) is 18.1 Å². The summed E-state index contributed by atoms with van der Waals surface area (Å²) in [4.78, 5) is 26.1. The molecule has 8 heteroatoms. The van der Waals surface area contributed by atoms with E-state index in [2.05, 4.69) is 11.9 Å². The first-order chi connectivity index (χ1) is 19.0. The minimum atomic E-state index is -0.114. The van der Waals surface area contributed by atoms with Crippen LogP contribution in [0.5, 0.6) is 17.4 Å². The van der Waals surface area contributed by atoms with Crippen LogP contribution in [0.2, 0.25) is 0 Å². The van der Waals surface area contributed by atoms with Crippen molar-refractivity contribution < 1.29 is 19.0 Å². The van der Waals surface area contributed by atoms with Gasteiger partial charge in [-0.2, -0.15) is 0 Å². The van der Waals surface area contributed by atoms with Crippen molar-refractivity contribution in [2.75, 3.05) is 34.4 Å². The average molecular weight is 529 g/mol. The van der Waals surface area contributed by atoms with E-state index in [0.29, 0.717) is 36.2 Å². The Kier molecular flexibility index (Phi) is 8.86. The summed E-state index contributed by atoms with van der Waals surface area (Å²) in [6.45, 7) is 6.93. The number of carbonyl (C=O) groups excluding carboxylic acids is 1. The van der Waals surface area contributed by atoms with Crippen LogP contribution in [0.25, 0.3) is 22.2 Å². The molecular formula is C31H36N4O4. The number of pyridine rings is 2. The SMILES string of the molecule is CC.COc1ccc(-c2cc3ncccc3c(OCC3CN(C(C)c4ccccc4)C(=O)N3C)n2)cc1OC. The van der Waals surface area contributed by atoms with Crippen molar-refractivity contribution in [1.82, 2.24) is 19.8 Å². The van der Waals surface area contributed by atoms with E-state index in [1.807, 2.05) is 92.5 Å². The van der Waals surface area contributed by atoms with E-state index in [1.54, 1.807) is 25.3 Å². The number of aromatic nitrogens is 2. The molecule has 204 valence electrons. The highest BCUT2D eigenvalue weighted by Crippen LogP contribution is 2.34. The Bertz CT molecular complexity index is 1410. The number of ether oxygens (including phenoxy) is 3. The third-order valence-electron chi connectivity index (χ3n) is 6.91. The van der Waals surface area contributed by atoms with E-state index < -0.39 is 0 Å². The zero-order valence-electron chi connectivity index (χ0n) is 23.4. The summed E-state index contributed by atoms with van der Waals surface area (Å²) in [6, 6.07) is 21.3. The van der Waals surface area contributed by atoms with Crippen molar-refractivity contribution in [3.63, 3.8) is 0 Å². The van der Waals surface area contributed by atoms with Gasteiger partial charge in [0.25, 0.3) is 0 Å². The Labute approximate surface area is 230 Å². The molecule has 0 bridgehead atoms. The Hall–Kier alpha value is -4.33. The molecule has 0 N–H and O–H groups in total. The molecule has 1 aliphatic heterocycles. The molecule has 39 heavy (non-hydrogen) atoms. The fourth-order valence-corrected chi connectivity index (χ4v) is 4.66. The minimum Gasteiger partial charge on any atom is -0.493 e. The molecule has 1 fully saturated rings. The normalized spacial score (nSPS) is 15.5. The molecule has 0 aliphatic carbocycles. The van der Waals surface area contributed by atoms with Gasteiger partial charge in [-0.15, -0.1) is 0 Å². The van der Waals surface area contributed by atoms with Crippen LogP contribution < -0.4 is 14.2 Å². The summed E-state index contributed by atoms with van der Waals surface area (Å²) in [5.41, 5.74) is 3.43. The fraction of sp³-hybridized carbons (Fsp3) is 0.323. The molecule has 3 heterocycles. The van der Waals surface area contributed by atoms with Crippen LogP contribution in [0.3, 0.4) is 0 Å². The monoisotopic (exact) mass is 528 g/mol. The number of hydrogen-bond acceptors (Lipinski definition) is 6. The minimum absolute atomic E-state index is 0.0106. The predicted octanol–water partition coefficient (Wildman–Crippen LogP) is 6.22. The molecule has 1 aliphatic rings. The van der Waals surface area contributed by atoms with Crippen LogP contribution in [0.15, 0.2) is 72.9 Å². The van der Waals surface area contributed by atoms with E-state index in [9.17, 15) is 4.79 Å². The molecular weight excluding hydrogens is 492 g/mol. The van der Waals surface area contributed by atoms with Crippen LogP contribution in [0.4, 0.5) is 4.79 Å². The second kappa shape index (κ2) is 12.5. The second-order valence-corrected chi connectivity index (χ2v) is 9.05. The second-order valence-electron chi connectivity index (χ2n) is 9.05. The van der Waals surface area contributed by atoms with Crippen LogP contribution in [0, 0.1) is 0 Å². The van der Waals surface area contributed by atoms with Gasteiger partial charge in [0, 0.05) is 25.4 Å². The lowest BCUT2D eigenvalue weighted by Gasteiger charge is -2.24. The Morgan fingerprint density at radius 2 is 1.72 bits per heavy atom. The van der Waals surface area contributed by atoms with Gasteiger partial charge >= 0.3 is 6.03 Å². The summed E-state index contributed by atoms with van der Waals surface area (Å²) in [5.74, 6) is 1.74. The van der Waals surface area contributed by atoms with Crippen LogP contribution in [-0.4, -0.2) is 66.3 Å². The molecule has 0 spiro atoms. The molecule has 5 rings (SSSR count). The highest BCUT2D eigenvalue weighted by atomic mass is 16.5. The number of amides is 2. The van der Waals surface area contributed by atoms with Crippen molar-refractivity contribution in [3.05, 3.63) is 78.5 Å². The Morgan fingerprint density at radius 1 is 0.974 bits per heavy atom. The highest BCUT2D eigenvalue weighted by Gasteiger charge is 2.38. The smallest absolute Gasteiger partial charge is 0.320 e. The molecule has 4 aromatic rings. The number of methoxy groups -OCH3 is 2. The first-order valence-corrected chi connectivity index (χ1v) is 13.2. The standard InChI is InChI=1S/C29H30N4O4.C2H6/c1-19(20-9-6-5-7-10-20)33-17-22(32(2)29(33)34)18-37-28-23-11-8-14-30-25(23)16-24(31-28)21-12-13-26(35-3)27(15-21)36-4;1-2/h5-16,19,22H,17-18H2,1-4H3;1-2H3. The van der Waals surface area contributed by atoms with E-state index in [0.717, 1.165) is 22.0 Å². The molecule has 8 nitrogen and oxygen atoms in total. The Balaban J connectivity index is 0.00000172. The number of urea groups is 1. The zero-order valence-corrected chi connectivity index (χ0v) is 23.4. The van der Waals surface area contributed by atoms with Gasteiger partial charge in [0.2, 0.25) is 5.88 Å². The van der Waals surface area contributed by atoms with Gasteiger partial charge in [-0.3, -0.25) is 4.98 Å². The molecule has 0 saturated carbocycles. The third kappa shape index (κ3) is 5.74. The maximum atomic E-state index is 13.1. The number of hydrogen-bond donors (Lipinski definition) is 0. The molecule has 2 aromatic heterocycles. The van der Waals surface area contributed by atoms with Crippen LogP contribution in [-0.2, 0) is 0 Å². The summed E-state index contributed by atoms with van der Waals surface area (Å²) in [7, 11) is 5.03. The van der Waals surface area contributed by atoms with Crippen molar-refractivity contribution in [2.45, 2.75) is 32.9 Å². The lowest BCUT2D eigenvalue weighted by molar-refractivity contribution is 0.179. The number of benzene rings is 2. The summed E-state index contributed by atoms with van der Waals surface area (Å²) >= 11 is 0. The van der Waals surface area contributed by atoms with Crippen LogP contribution in [0.1, 0.15) is 32.4 Å². The maximum Gasteiger partial charge on any atom is 0.320 e. The number of fused-ring (bicyclic) bond motifs is 1. The number of nitrogens with zero attached hydrogens (tertiary/aromatic N) is 4. The topological polar surface area (TPSA) is 77.0 Å². The number of rotatable bonds is 8. The van der Waals surface area contributed by atoms with Crippen molar-refractivity contribution in [3.8, 4) is 28.6 Å². The Morgan fingerprint density at radius 3 is 2.44 bits per heavy atom. The highest BCUT2D eigenvalue weighted by molar-refractivity contribution is 5.87. The number of likely N-dealkylation sites (N-methyl/N-ethyl adjacent to an activating group) is 1. The van der Waals surface area contributed by atoms with E-state index >= 15 is 0 Å². The van der Waals surface area contributed by atoms with Gasteiger partial charge in [-0.05, 0) is 48.9 Å². The van der Waals surface area contributed by atoms with Gasteiger partial charge in [0.15, 0.2) is 11.5 Å².